The lowest BCUT2D eigenvalue weighted by Crippen LogP contribution is -2.33. The molecule has 1 N–H and O–H groups in total. The van der Waals surface area contributed by atoms with Gasteiger partial charge < -0.3 is 5.11 Å². The number of benzene rings is 1. The smallest absolute Gasteiger partial charge is 0.173 e. The lowest BCUT2D eigenvalue weighted by Gasteiger charge is -2.29. The van der Waals surface area contributed by atoms with Crippen molar-refractivity contribution in [2.75, 3.05) is 0 Å². The zero-order chi connectivity index (χ0) is 15.4. The second-order valence-corrected chi connectivity index (χ2v) is 5.23. The molecule has 1 aromatic carbocycles. The van der Waals surface area contributed by atoms with Crippen LogP contribution in [0.1, 0.15) is 30.3 Å². The SMILES string of the molecule is CCCn1nccc1C(O)(c1ccccc1)c1ccccn1. The monoisotopic (exact) mass is 293 g/mol. The van der Waals surface area contributed by atoms with Gasteiger partial charge in [0.25, 0.3) is 0 Å². The summed E-state index contributed by atoms with van der Waals surface area (Å²) < 4.78 is 1.85. The van der Waals surface area contributed by atoms with E-state index < -0.39 is 5.60 Å². The molecule has 112 valence electrons. The standard InChI is InChI=1S/C18H19N3O/c1-2-14-21-17(11-13-20-21)18(22,15-8-4-3-5-9-15)16-10-6-7-12-19-16/h3-13,22H,2,14H2,1H3. The van der Waals surface area contributed by atoms with Gasteiger partial charge in [-0.05, 0) is 30.2 Å². The molecule has 0 saturated carbocycles. The molecule has 0 fully saturated rings. The number of aryl methyl sites for hydroxylation is 1. The molecule has 0 bridgehead atoms. The summed E-state index contributed by atoms with van der Waals surface area (Å²) in [6.07, 6.45) is 4.37. The van der Waals surface area contributed by atoms with Crippen molar-refractivity contribution in [2.45, 2.75) is 25.5 Å². The zero-order valence-corrected chi connectivity index (χ0v) is 12.6. The molecule has 0 radical (unpaired) electrons. The van der Waals surface area contributed by atoms with Gasteiger partial charge in [-0.2, -0.15) is 5.10 Å². The van der Waals surface area contributed by atoms with Crippen molar-refractivity contribution in [1.82, 2.24) is 14.8 Å². The number of hydrogen-bond donors (Lipinski definition) is 1. The van der Waals surface area contributed by atoms with Gasteiger partial charge in [-0.3, -0.25) is 9.67 Å². The lowest BCUT2D eigenvalue weighted by molar-refractivity contribution is 0.110. The van der Waals surface area contributed by atoms with Gasteiger partial charge in [0.2, 0.25) is 0 Å². The van der Waals surface area contributed by atoms with Crippen LogP contribution in [0.25, 0.3) is 0 Å². The van der Waals surface area contributed by atoms with Crippen LogP contribution in [-0.4, -0.2) is 19.9 Å². The van der Waals surface area contributed by atoms with Crippen LogP contribution in [0.3, 0.4) is 0 Å². The molecular weight excluding hydrogens is 274 g/mol. The van der Waals surface area contributed by atoms with Gasteiger partial charge >= 0.3 is 0 Å². The van der Waals surface area contributed by atoms with Crippen molar-refractivity contribution >= 4 is 0 Å². The number of rotatable bonds is 5. The van der Waals surface area contributed by atoms with Crippen molar-refractivity contribution in [3.63, 3.8) is 0 Å². The van der Waals surface area contributed by atoms with Crippen molar-refractivity contribution in [3.05, 3.63) is 83.9 Å². The molecule has 3 aromatic rings. The number of nitrogens with zero attached hydrogens (tertiary/aromatic N) is 3. The predicted molar refractivity (Wildman–Crippen MR) is 85.3 cm³/mol. The van der Waals surface area contributed by atoms with E-state index in [9.17, 15) is 5.11 Å². The fraction of sp³-hybridized carbons (Fsp3) is 0.222. The maximum absolute atomic E-state index is 11.6. The quantitative estimate of drug-likeness (QED) is 0.787. The van der Waals surface area contributed by atoms with E-state index in [1.165, 1.54) is 0 Å². The van der Waals surface area contributed by atoms with Gasteiger partial charge in [-0.1, -0.05) is 43.3 Å². The average molecular weight is 293 g/mol. The topological polar surface area (TPSA) is 50.9 Å². The Morgan fingerprint density at radius 3 is 2.45 bits per heavy atom. The third kappa shape index (κ3) is 2.42. The molecule has 4 heteroatoms. The first-order valence-corrected chi connectivity index (χ1v) is 7.48. The molecule has 3 rings (SSSR count). The molecule has 22 heavy (non-hydrogen) atoms. The van der Waals surface area contributed by atoms with E-state index in [2.05, 4.69) is 17.0 Å². The van der Waals surface area contributed by atoms with Crippen LogP contribution in [0.15, 0.2) is 67.0 Å². The Hall–Kier alpha value is -2.46. The Kier molecular flexibility index (Phi) is 4.02. The third-order valence-corrected chi connectivity index (χ3v) is 3.75. The molecule has 1 atom stereocenters. The van der Waals surface area contributed by atoms with Gasteiger partial charge in [0.1, 0.15) is 0 Å². The first kappa shape index (κ1) is 14.5. The van der Waals surface area contributed by atoms with Crippen LogP contribution >= 0.6 is 0 Å². The van der Waals surface area contributed by atoms with E-state index in [0.717, 1.165) is 24.2 Å². The molecule has 0 spiro atoms. The summed E-state index contributed by atoms with van der Waals surface area (Å²) in [6, 6.07) is 17.0. The molecule has 2 aromatic heterocycles. The van der Waals surface area contributed by atoms with Crippen molar-refractivity contribution in [1.29, 1.82) is 0 Å². The van der Waals surface area contributed by atoms with E-state index in [4.69, 9.17) is 0 Å². The molecule has 0 saturated heterocycles. The zero-order valence-electron chi connectivity index (χ0n) is 12.6. The average Bonchev–Trinajstić information content (AvgIpc) is 3.05. The molecule has 4 nitrogen and oxygen atoms in total. The van der Waals surface area contributed by atoms with Crippen LogP contribution in [0.5, 0.6) is 0 Å². The molecule has 0 aliphatic heterocycles. The van der Waals surface area contributed by atoms with E-state index in [0.29, 0.717) is 5.69 Å². The number of hydrogen-bond acceptors (Lipinski definition) is 3. The van der Waals surface area contributed by atoms with Gasteiger partial charge in [-0.25, -0.2) is 0 Å². The first-order chi connectivity index (χ1) is 10.8. The maximum Gasteiger partial charge on any atom is 0.173 e. The molecule has 1 unspecified atom stereocenters. The Morgan fingerprint density at radius 1 is 1.00 bits per heavy atom. The summed E-state index contributed by atoms with van der Waals surface area (Å²) in [4.78, 5) is 4.39. The van der Waals surface area contributed by atoms with Gasteiger partial charge in [0.15, 0.2) is 5.60 Å². The highest BCUT2D eigenvalue weighted by Crippen LogP contribution is 2.35. The van der Waals surface area contributed by atoms with Crippen LogP contribution in [-0.2, 0) is 12.1 Å². The summed E-state index contributed by atoms with van der Waals surface area (Å²) in [6.45, 7) is 2.85. The summed E-state index contributed by atoms with van der Waals surface area (Å²) in [5.41, 5.74) is 0.804. The van der Waals surface area contributed by atoms with Gasteiger partial charge in [0, 0.05) is 18.9 Å². The van der Waals surface area contributed by atoms with Gasteiger partial charge in [0.05, 0.1) is 11.4 Å². The summed E-state index contributed by atoms with van der Waals surface area (Å²) >= 11 is 0. The third-order valence-electron chi connectivity index (χ3n) is 3.75. The molecule has 0 aliphatic carbocycles. The summed E-state index contributed by atoms with van der Waals surface area (Å²) in [7, 11) is 0. The normalized spacial score (nSPS) is 13.7. The Labute approximate surface area is 130 Å². The van der Waals surface area contributed by atoms with E-state index in [-0.39, 0.29) is 0 Å². The van der Waals surface area contributed by atoms with Crippen LogP contribution in [0, 0.1) is 0 Å². The van der Waals surface area contributed by atoms with Crippen molar-refractivity contribution in [3.8, 4) is 0 Å². The minimum Gasteiger partial charge on any atom is -0.373 e. The highest BCUT2D eigenvalue weighted by molar-refractivity contribution is 5.41. The Bertz CT molecular complexity index is 683. The molecule has 2 heterocycles. The van der Waals surface area contributed by atoms with Crippen molar-refractivity contribution < 1.29 is 5.11 Å². The largest absolute Gasteiger partial charge is 0.373 e. The summed E-state index contributed by atoms with van der Waals surface area (Å²) in [5, 5.41) is 16.0. The van der Waals surface area contributed by atoms with E-state index >= 15 is 0 Å². The minimum atomic E-state index is -1.31. The minimum absolute atomic E-state index is 0.596. The second kappa shape index (κ2) is 6.12. The van der Waals surface area contributed by atoms with Crippen molar-refractivity contribution in [2.24, 2.45) is 0 Å². The second-order valence-electron chi connectivity index (χ2n) is 5.23. The fourth-order valence-corrected chi connectivity index (χ4v) is 2.71. The maximum atomic E-state index is 11.6. The number of aliphatic hydroxyl groups is 1. The summed E-state index contributed by atoms with van der Waals surface area (Å²) in [5.74, 6) is 0. The first-order valence-electron chi connectivity index (χ1n) is 7.48. The molecule has 0 amide bonds. The lowest BCUT2D eigenvalue weighted by atomic mass is 9.86. The molecular formula is C18H19N3O. The van der Waals surface area contributed by atoms with E-state index in [1.54, 1.807) is 12.4 Å². The van der Waals surface area contributed by atoms with Crippen LogP contribution in [0.4, 0.5) is 0 Å². The van der Waals surface area contributed by atoms with Crippen LogP contribution < -0.4 is 0 Å². The number of aromatic nitrogens is 3. The Morgan fingerprint density at radius 2 is 1.77 bits per heavy atom. The molecule has 0 aliphatic rings. The fourth-order valence-electron chi connectivity index (χ4n) is 2.71. The van der Waals surface area contributed by atoms with Gasteiger partial charge in [-0.15, -0.1) is 0 Å². The highest BCUT2D eigenvalue weighted by Gasteiger charge is 2.37. The predicted octanol–water partition coefficient (Wildman–Crippen LogP) is 2.97. The highest BCUT2D eigenvalue weighted by atomic mass is 16.3. The van der Waals surface area contributed by atoms with E-state index in [1.807, 2.05) is 59.3 Å². The number of pyridine rings is 1. The Balaban J connectivity index is 2.22. The van der Waals surface area contributed by atoms with Crippen LogP contribution in [0.2, 0.25) is 0 Å².